The van der Waals surface area contributed by atoms with Gasteiger partial charge in [0.25, 0.3) is 11.8 Å². The number of anilines is 2. The Bertz CT molecular complexity index is 1370. The van der Waals surface area contributed by atoms with Gasteiger partial charge in [-0.05, 0) is 43.5 Å². The highest BCUT2D eigenvalue weighted by Crippen LogP contribution is 2.36. The van der Waals surface area contributed by atoms with Crippen LogP contribution in [0.15, 0.2) is 36.8 Å². The quantitative estimate of drug-likeness (QED) is 0.205. The molecule has 38 heavy (non-hydrogen) atoms. The highest BCUT2D eigenvalue weighted by atomic mass is 31.2. The number of carbonyl (C=O) groups is 3. The van der Waals surface area contributed by atoms with Gasteiger partial charge in [0, 0.05) is 24.8 Å². The predicted molar refractivity (Wildman–Crippen MR) is 136 cm³/mol. The predicted octanol–water partition coefficient (Wildman–Crippen LogP) is 2.66. The number of aryl methyl sites for hydroxylation is 1. The van der Waals surface area contributed by atoms with Crippen LogP contribution < -0.4 is 15.5 Å². The number of rotatable bonds is 11. The number of hydrogen-bond donors (Lipinski definition) is 4. The zero-order valence-corrected chi connectivity index (χ0v) is 22.0. The second-order valence-electron chi connectivity index (χ2n) is 8.14. The summed E-state index contributed by atoms with van der Waals surface area (Å²) in [6.45, 7) is 5.38. The number of phosphoric acid groups is 1. The van der Waals surface area contributed by atoms with E-state index >= 15 is 0 Å². The van der Waals surface area contributed by atoms with E-state index in [1.807, 2.05) is 13.8 Å². The van der Waals surface area contributed by atoms with Crippen LogP contribution in [0.1, 0.15) is 53.0 Å². The van der Waals surface area contributed by atoms with Crippen LogP contribution in [-0.2, 0) is 13.8 Å². The van der Waals surface area contributed by atoms with Crippen LogP contribution in [0.2, 0.25) is 0 Å². The number of carbonyl (C=O) groups excluding carboxylic acids is 3. The molecule has 2 aromatic heterocycles. The molecule has 0 atom stereocenters. The third-order valence-corrected chi connectivity index (χ3v) is 5.67. The number of nitrogens with one attached hydrogen (secondary N) is 2. The molecule has 4 N–H and O–H groups in total. The summed E-state index contributed by atoms with van der Waals surface area (Å²) >= 11 is 0. The van der Waals surface area contributed by atoms with E-state index in [0.717, 1.165) is 24.1 Å². The van der Waals surface area contributed by atoms with Crippen molar-refractivity contribution in [2.75, 3.05) is 24.8 Å². The highest BCUT2D eigenvalue weighted by molar-refractivity contribution is 7.46. The Morgan fingerprint density at radius 3 is 2.34 bits per heavy atom. The first-order valence-electron chi connectivity index (χ1n) is 11.7. The summed E-state index contributed by atoms with van der Waals surface area (Å²) in [7, 11) is -4.92. The van der Waals surface area contributed by atoms with E-state index in [0.29, 0.717) is 18.7 Å². The minimum absolute atomic E-state index is 0.00932. The van der Waals surface area contributed by atoms with Crippen LogP contribution in [-0.4, -0.2) is 62.2 Å². The van der Waals surface area contributed by atoms with Crippen LogP contribution in [0, 0.1) is 6.92 Å². The molecule has 0 aliphatic heterocycles. The Kier molecular flexibility index (Phi) is 9.53. The van der Waals surface area contributed by atoms with Crippen LogP contribution in [0.25, 0.3) is 5.52 Å². The summed E-state index contributed by atoms with van der Waals surface area (Å²) in [5.74, 6) is -0.722. The first kappa shape index (κ1) is 28.7. The van der Waals surface area contributed by atoms with E-state index in [2.05, 4.69) is 25.2 Å². The molecule has 14 nitrogen and oxygen atoms in total. The Labute approximate surface area is 218 Å². The molecule has 3 amide bonds. The minimum Gasteiger partial charge on any atom is -0.421 e. The Balaban J connectivity index is 2.11. The summed E-state index contributed by atoms with van der Waals surface area (Å²) in [5.41, 5.74) is 1.52. The number of fused-ring (bicyclic) bond motifs is 1. The Morgan fingerprint density at radius 2 is 1.71 bits per heavy atom. The van der Waals surface area contributed by atoms with E-state index in [1.54, 1.807) is 19.1 Å². The van der Waals surface area contributed by atoms with Crippen LogP contribution in [0.3, 0.4) is 0 Å². The van der Waals surface area contributed by atoms with Crippen molar-refractivity contribution < 1.29 is 38.0 Å². The third kappa shape index (κ3) is 7.13. The van der Waals surface area contributed by atoms with Crippen molar-refractivity contribution in [1.82, 2.24) is 25.2 Å². The molecule has 0 saturated heterocycles. The van der Waals surface area contributed by atoms with Crippen molar-refractivity contribution in [2.24, 2.45) is 0 Å². The lowest BCUT2D eigenvalue weighted by Gasteiger charge is -2.24. The maximum atomic E-state index is 13.3. The summed E-state index contributed by atoms with van der Waals surface area (Å²) in [4.78, 5) is 61.6. The van der Waals surface area contributed by atoms with Gasteiger partial charge in [0.1, 0.15) is 11.8 Å². The van der Waals surface area contributed by atoms with Crippen LogP contribution in [0.4, 0.5) is 16.3 Å². The maximum Gasteiger partial charge on any atom is 0.472 e. The molecule has 2 heterocycles. The van der Waals surface area contributed by atoms with Gasteiger partial charge in [0.15, 0.2) is 5.82 Å². The molecular weight excluding hydrogens is 519 g/mol. The molecule has 0 saturated carbocycles. The average molecular weight is 548 g/mol. The van der Waals surface area contributed by atoms with Crippen LogP contribution in [0.5, 0.6) is 0 Å². The minimum atomic E-state index is -4.92. The van der Waals surface area contributed by atoms with E-state index in [1.165, 1.54) is 22.8 Å². The van der Waals surface area contributed by atoms with Gasteiger partial charge in [-0.3, -0.25) is 9.59 Å². The lowest BCUT2D eigenvalue weighted by molar-refractivity contribution is 0.0445. The van der Waals surface area contributed by atoms with Crippen molar-refractivity contribution in [3.63, 3.8) is 0 Å². The molecular formula is C23H29N6O8P. The highest BCUT2D eigenvalue weighted by Gasteiger charge is 2.28. The summed E-state index contributed by atoms with van der Waals surface area (Å²) in [6, 6.07) is 6.16. The van der Waals surface area contributed by atoms with Gasteiger partial charge in [-0.25, -0.2) is 28.3 Å². The molecule has 0 aliphatic carbocycles. The summed E-state index contributed by atoms with van der Waals surface area (Å²) in [5, 5.41) is 9.63. The number of ether oxygens (including phenoxy) is 1. The molecule has 0 bridgehead atoms. The van der Waals surface area contributed by atoms with E-state index < -0.39 is 20.7 Å². The van der Waals surface area contributed by atoms with Gasteiger partial charge in [-0.2, -0.15) is 5.10 Å². The number of benzene rings is 1. The smallest absolute Gasteiger partial charge is 0.421 e. The zero-order chi connectivity index (χ0) is 27.9. The second kappa shape index (κ2) is 12.6. The van der Waals surface area contributed by atoms with Crippen molar-refractivity contribution in [3.8, 4) is 0 Å². The fourth-order valence-corrected chi connectivity index (χ4v) is 3.58. The molecule has 15 heteroatoms. The van der Waals surface area contributed by atoms with Gasteiger partial charge in [-0.1, -0.05) is 19.9 Å². The normalized spacial score (nSPS) is 11.3. The topological polar surface area (TPSA) is 185 Å². The van der Waals surface area contributed by atoms with Crippen molar-refractivity contribution >= 4 is 42.8 Å². The molecule has 3 aromatic rings. The summed E-state index contributed by atoms with van der Waals surface area (Å²) in [6.07, 6.45) is 2.99. The van der Waals surface area contributed by atoms with Gasteiger partial charge in [0.2, 0.25) is 6.79 Å². The van der Waals surface area contributed by atoms with E-state index in [-0.39, 0.29) is 40.0 Å². The van der Waals surface area contributed by atoms with Gasteiger partial charge in [0.05, 0.1) is 11.3 Å². The zero-order valence-electron chi connectivity index (χ0n) is 21.1. The standard InChI is InChI=1S/C23H29N6O8P/c1-4-8-24-21(30)16-7-6-15(3)18(10-16)29(23(32)36-14-37-38(33,34)35)20-19-11-17(22(31)25-9-5-2)12-28(19)27-13-26-20/h6-7,10-13H,4-5,8-9,14H2,1-3H3,(H,24,30)(H,25,31)(H2,33,34,35). The lowest BCUT2D eigenvalue weighted by Crippen LogP contribution is -2.30. The SMILES string of the molecule is CCCNC(=O)c1ccc(C)c(N(C(=O)OCOP(=O)(O)O)c2ncnn3cc(C(=O)NCCC)cc23)c1. The first-order valence-corrected chi connectivity index (χ1v) is 13.3. The number of phosphoric ester groups is 1. The van der Waals surface area contributed by atoms with Crippen molar-refractivity contribution in [3.05, 3.63) is 53.5 Å². The molecule has 0 fully saturated rings. The number of amides is 3. The molecule has 0 radical (unpaired) electrons. The number of nitrogens with zero attached hydrogens (tertiary/aromatic N) is 4. The largest absolute Gasteiger partial charge is 0.472 e. The van der Waals surface area contributed by atoms with Gasteiger partial charge in [-0.15, -0.1) is 0 Å². The summed E-state index contributed by atoms with van der Waals surface area (Å²) < 4.78 is 21.7. The number of hydrogen-bond acceptors (Lipinski definition) is 8. The van der Waals surface area contributed by atoms with Crippen molar-refractivity contribution in [2.45, 2.75) is 33.6 Å². The Hall–Kier alpha value is -3.84. The molecule has 0 unspecified atom stereocenters. The molecule has 204 valence electrons. The first-order chi connectivity index (χ1) is 18.1. The average Bonchev–Trinajstić information content (AvgIpc) is 3.31. The molecule has 3 rings (SSSR count). The maximum absolute atomic E-state index is 13.3. The monoisotopic (exact) mass is 548 g/mol. The van der Waals surface area contributed by atoms with Gasteiger partial charge >= 0.3 is 13.9 Å². The fraction of sp³-hybridized carbons (Fsp3) is 0.348. The van der Waals surface area contributed by atoms with Gasteiger partial charge < -0.3 is 25.2 Å². The van der Waals surface area contributed by atoms with E-state index in [9.17, 15) is 18.9 Å². The van der Waals surface area contributed by atoms with Crippen LogP contribution >= 0.6 is 7.82 Å². The molecule has 1 aromatic carbocycles. The molecule has 0 aliphatic rings. The molecule has 0 spiro atoms. The Morgan fingerprint density at radius 1 is 1.05 bits per heavy atom. The van der Waals surface area contributed by atoms with Crippen molar-refractivity contribution in [1.29, 1.82) is 0 Å². The third-order valence-electron chi connectivity index (χ3n) is 5.23. The van der Waals surface area contributed by atoms with E-state index in [4.69, 9.17) is 14.5 Å². The number of aromatic nitrogens is 3. The lowest BCUT2D eigenvalue weighted by atomic mass is 10.1. The fourth-order valence-electron chi connectivity index (χ4n) is 3.39. The second-order valence-corrected chi connectivity index (χ2v) is 9.38.